The van der Waals surface area contributed by atoms with Crippen LogP contribution in [0.1, 0.15) is 69.6 Å². The molecule has 1 amide bonds. The Kier molecular flexibility index (Phi) is 9.61. The number of hydrogen-bond donors (Lipinski definition) is 3. The van der Waals surface area contributed by atoms with Gasteiger partial charge in [0.1, 0.15) is 18.2 Å². The van der Waals surface area contributed by atoms with Crippen molar-refractivity contribution >= 4 is 5.91 Å². The van der Waals surface area contributed by atoms with Crippen LogP contribution in [0.3, 0.4) is 0 Å². The molecule has 0 spiro atoms. The number of hydrogen-bond acceptors (Lipinski definition) is 4. The lowest BCUT2D eigenvalue weighted by Gasteiger charge is -2.41. The Morgan fingerprint density at radius 2 is 1.75 bits per heavy atom. The number of nitrogens with one attached hydrogen (secondary N) is 2. The second-order valence-corrected chi connectivity index (χ2v) is 11.0. The van der Waals surface area contributed by atoms with E-state index in [0.717, 1.165) is 31.7 Å². The van der Waals surface area contributed by atoms with Crippen LogP contribution in [0, 0.1) is 11.6 Å². The predicted molar refractivity (Wildman–Crippen MR) is 138 cm³/mol. The van der Waals surface area contributed by atoms with E-state index in [0.29, 0.717) is 5.56 Å². The van der Waals surface area contributed by atoms with Crippen LogP contribution in [0.2, 0.25) is 0 Å². The predicted octanol–water partition coefficient (Wildman–Crippen LogP) is 4.75. The lowest BCUT2D eigenvalue weighted by molar-refractivity contribution is -0.126. The molecular formula is C29H40F2N2O3. The average molecular weight is 503 g/mol. The smallest absolute Gasteiger partial charge is 0.246 e. The quantitative estimate of drug-likeness (QED) is 0.439. The average Bonchev–Trinajstić information content (AvgIpc) is 2.82. The first-order chi connectivity index (χ1) is 17.0. The van der Waals surface area contributed by atoms with E-state index in [1.54, 1.807) is 0 Å². The maximum atomic E-state index is 13.8. The molecule has 0 aliphatic heterocycles. The number of aliphatic hydroxyl groups is 1. The molecule has 2 atom stereocenters. The molecule has 0 heterocycles. The van der Waals surface area contributed by atoms with Crippen molar-refractivity contribution in [1.82, 2.24) is 10.6 Å². The van der Waals surface area contributed by atoms with E-state index < -0.39 is 29.7 Å². The fourth-order valence-corrected chi connectivity index (χ4v) is 5.09. The fraction of sp³-hybridized carbons (Fsp3) is 0.552. The normalized spacial score (nSPS) is 17.4. The molecular weight excluding hydrogens is 462 g/mol. The van der Waals surface area contributed by atoms with Crippen molar-refractivity contribution in [2.24, 2.45) is 0 Å². The molecule has 1 saturated carbocycles. The van der Waals surface area contributed by atoms with Crippen molar-refractivity contribution in [2.45, 2.75) is 82.4 Å². The Hall–Kier alpha value is -2.35. The highest BCUT2D eigenvalue weighted by Gasteiger charge is 2.35. The van der Waals surface area contributed by atoms with Crippen molar-refractivity contribution < 1.29 is 23.4 Å². The van der Waals surface area contributed by atoms with Gasteiger partial charge in [0.15, 0.2) is 0 Å². The highest BCUT2D eigenvalue weighted by molar-refractivity contribution is 5.77. The number of carbonyl (C=O) groups is 1. The Morgan fingerprint density at radius 3 is 2.36 bits per heavy atom. The molecule has 5 nitrogen and oxygen atoms in total. The Labute approximate surface area is 213 Å². The van der Waals surface area contributed by atoms with E-state index in [9.17, 15) is 18.7 Å². The van der Waals surface area contributed by atoms with E-state index in [2.05, 4.69) is 55.7 Å². The van der Waals surface area contributed by atoms with Crippen molar-refractivity contribution in [3.8, 4) is 0 Å². The third-order valence-electron chi connectivity index (χ3n) is 7.10. The first-order valence-electron chi connectivity index (χ1n) is 12.8. The summed E-state index contributed by atoms with van der Waals surface area (Å²) in [7, 11) is 1.41. The van der Waals surface area contributed by atoms with Crippen molar-refractivity contribution in [2.75, 3.05) is 20.3 Å². The van der Waals surface area contributed by atoms with E-state index in [-0.39, 0.29) is 30.5 Å². The van der Waals surface area contributed by atoms with Gasteiger partial charge in [0, 0.05) is 25.3 Å². The van der Waals surface area contributed by atoms with Gasteiger partial charge in [-0.15, -0.1) is 0 Å². The van der Waals surface area contributed by atoms with Gasteiger partial charge in [0.05, 0.1) is 12.1 Å². The molecule has 3 N–H and O–H groups in total. The molecule has 1 aliphatic carbocycles. The summed E-state index contributed by atoms with van der Waals surface area (Å²) in [6.07, 6.45) is 4.33. The summed E-state index contributed by atoms with van der Waals surface area (Å²) in [6, 6.07) is 11.1. The highest BCUT2D eigenvalue weighted by Crippen LogP contribution is 2.38. The molecule has 2 aromatic carbocycles. The number of aliphatic hydroxyl groups excluding tert-OH is 1. The Bertz CT molecular complexity index is 996. The second-order valence-electron chi connectivity index (χ2n) is 11.0. The van der Waals surface area contributed by atoms with Crippen molar-refractivity contribution in [3.63, 3.8) is 0 Å². The number of rotatable bonds is 10. The van der Waals surface area contributed by atoms with E-state index >= 15 is 0 Å². The zero-order valence-electron chi connectivity index (χ0n) is 21.9. The molecule has 2 aromatic rings. The number of amides is 1. The van der Waals surface area contributed by atoms with Gasteiger partial charge >= 0.3 is 0 Å². The maximum absolute atomic E-state index is 13.8. The number of carbonyl (C=O) groups excluding carboxylic acids is 1. The summed E-state index contributed by atoms with van der Waals surface area (Å²) >= 11 is 0. The molecule has 3 rings (SSSR count). The maximum Gasteiger partial charge on any atom is 0.246 e. The molecule has 0 aromatic heterocycles. The van der Waals surface area contributed by atoms with Gasteiger partial charge in [0.2, 0.25) is 5.91 Å². The summed E-state index contributed by atoms with van der Waals surface area (Å²) in [5.41, 5.74) is 2.55. The molecule has 0 bridgehead atoms. The second kappa shape index (κ2) is 12.3. The topological polar surface area (TPSA) is 70.6 Å². The molecule has 1 fully saturated rings. The van der Waals surface area contributed by atoms with Crippen LogP contribution in [0.5, 0.6) is 0 Å². The zero-order chi connectivity index (χ0) is 26.3. The lowest BCUT2D eigenvalue weighted by Crippen LogP contribution is -2.53. The van der Waals surface area contributed by atoms with E-state index in [1.165, 1.54) is 36.8 Å². The van der Waals surface area contributed by atoms with Gasteiger partial charge in [-0.25, -0.2) is 8.78 Å². The number of halogens is 2. The molecule has 36 heavy (non-hydrogen) atoms. The van der Waals surface area contributed by atoms with E-state index in [1.807, 2.05) is 0 Å². The Morgan fingerprint density at radius 1 is 1.08 bits per heavy atom. The van der Waals surface area contributed by atoms with Crippen molar-refractivity contribution in [3.05, 3.63) is 70.8 Å². The molecule has 7 heteroatoms. The summed E-state index contributed by atoms with van der Waals surface area (Å²) in [6.45, 7) is 6.63. The largest absolute Gasteiger partial charge is 0.390 e. The molecule has 0 radical (unpaired) electrons. The van der Waals surface area contributed by atoms with Crippen LogP contribution in [0.4, 0.5) is 8.78 Å². The first-order valence-corrected chi connectivity index (χ1v) is 12.8. The zero-order valence-corrected chi connectivity index (χ0v) is 21.9. The van der Waals surface area contributed by atoms with Crippen LogP contribution in [0.15, 0.2) is 42.5 Å². The van der Waals surface area contributed by atoms with Gasteiger partial charge in [0.25, 0.3) is 0 Å². The fourth-order valence-electron chi connectivity index (χ4n) is 5.09. The summed E-state index contributed by atoms with van der Waals surface area (Å²) in [5.74, 6) is -1.79. The summed E-state index contributed by atoms with van der Waals surface area (Å²) in [5, 5.41) is 17.6. The van der Waals surface area contributed by atoms with Gasteiger partial charge in [-0.05, 0) is 53.5 Å². The van der Waals surface area contributed by atoms with Gasteiger partial charge in [-0.2, -0.15) is 0 Å². The third kappa shape index (κ3) is 7.58. The summed E-state index contributed by atoms with van der Waals surface area (Å²) in [4.78, 5) is 12.3. The highest BCUT2D eigenvalue weighted by atomic mass is 19.1. The monoisotopic (exact) mass is 502 g/mol. The minimum atomic E-state index is -0.985. The number of benzene rings is 2. The van der Waals surface area contributed by atoms with Crippen LogP contribution < -0.4 is 10.6 Å². The number of methoxy groups -OCH3 is 1. The van der Waals surface area contributed by atoms with Crippen LogP contribution in [-0.2, 0) is 26.9 Å². The van der Waals surface area contributed by atoms with Gasteiger partial charge < -0.3 is 20.5 Å². The molecule has 198 valence electrons. The van der Waals surface area contributed by atoms with E-state index in [4.69, 9.17) is 4.74 Å². The standard InChI is InChI=1S/C29H40F2N2O3/c1-28(2,3)21-9-8-10-22(16-21)29(11-6-5-7-12-29)32-18-26(34)25(33-27(35)19-36-4)15-20-13-23(30)17-24(31)14-20/h8-10,13-14,16-17,25-26,32,34H,5-7,11-12,15,18-19H2,1-4H3,(H,33,35). The lowest BCUT2D eigenvalue weighted by atomic mass is 9.74. The molecule has 0 saturated heterocycles. The van der Waals surface area contributed by atoms with Crippen molar-refractivity contribution in [1.29, 1.82) is 0 Å². The first kappa shape index (κ1) is 28.2. The summed E-state index contributed by atoms with van der Waals surface area (Å²) < 4.78 is 32.5. The minimum Gasteiger partial charge on any atom is -0.390 e. The third-order valence-corrected chi connectivity index (χ3v) is 7.10. The SMILES string of the molecule is COCC(=O)NC(Cc1cc(F)cc(F)c1)C(O)CNC1(c2cccc(C(C)(C)C)c2)CCCCC1. The molecule has 1 aliphatic rings. The van der Waals surface area contributed by atoms with Gasteiger partial charge in [-0.3, -0.25) is 4.79 Å². The molecule has 2 unspecified atom stereocenters. The Balaban J connectivity index is 1.82. The van der Waals surface area contributed by atoms with Crippen LogP contribution in [-0.4, -0.2) is 43.4 Å². The number of ether oxygens (including phenoxy) is 1. The van der Waals surface area contributed by atoms with Gasteiger partial charge in [-0.1, -0.05) is 64.3 Å². The minimum absolute atomic E-state index is 0.0162. The van der Waals surface area contributed by atoms with Crippen LogP contribution in [0.25, 0.3) is 0 Å². The van der Waals surface area contributed by atoms with Crippen LogP contribution >= 0.6 is 0 Å².